The summed E-state index contributed by atoms with van der Waals surface area (Å²) in [5, 5.41) is 0. The van der Waals surface area contributed by atoms with Gasteiger partial charge in [0, 0.05) is 17.0 Å². The molecule has 0 aromatic heterocycles. The van der Waals surface area contributed by atoms with Crippen LogP contribution < -0.4 is 10.5 Å². The molecule has 18 heavy (non-hydrogen) atoms. The summed E-state index contributed by atoms with van der Waals surface area (Å²) in [4.78, 5) is 0. The maximum absolute atomic E-state index is 5.94. The van der Waals surface area contributed by atoms with Crippen molar-refractivity contribution < 1.29 is 4.74 Å². The topological polar surface area (TPSA) is 35.2 Å². The molecule has 1 aromatic rings. The maximum atomic E-state index is 5.94. The number of benzene rings is 1. The highest BCUT2D eigenvalue weighted by Gasteiger charge is 2.08. The SMILES string of the molecule is Cc1ccc(OCC#CC(C)(C)C)c([C@@H](C)N)c1. The lowest BCUT2D eigenvalue weighted by atomic mass is 9.98. The van der Waals surface area contributed by atoms with Crippen LogP contribution in [0.3, 0.4) is 0 Å². The first-order valence-corrected chi connectivity index (χ1v) is 6.28. The fourth-order valence-electron chi connectivity index (χ4n) is 1.57. The molecule has 0 aliphatic carbocycles. The third-order valence-corrected chi connectivity index (χ3v) is 2.42. The highest BCUT2D eigenvalue weighted by atomic mass is 16.5. The number of hydrogen-bond acceptors (Lipinski definition) is 2. The van der Waals surface area contributed by atoms with Crippen molar-refractivity contribution in [1.82, 2.24) is 0 Å². The van der Waals surface area contributed by atoms with Crippen molar-refractivity contribution in [1.29, 1.82) is 0 Å². The Kier molecular flexibility index (Phi) is 4.81. The van der Waals surface area contributed by atoms with Crippen LogP contribution in [0.15, 0.2) is 18.2 Å². The second-order valence-corrected chi connectivity index (χ2v) is 5.67. The van der Waals surface area contributed by atoms with Gasteiger partial charge in [-0.25, -0.2) is 0 Å². The molecule has 1 aromatic carbocycles. The van der Waals surface area contributed by atoms with E-state index in [9.17, 15) is 0 Å². The fraction of sp³-hybridized carbons (Fsp3) is 0.500. The summed E-state index contributed by atoms with van der Waals surface area (Å²) in [6.45, 7) is 10.7. The Bertz CT molecular complexity index is 458. The molecule has 2 heteroatoms. The van der Waals surface area contributed by atoms with Crippen LogP contribution in [0, 0.1) is 24.2 Å². The molecule has 2 nitrogen and oxygen atoms in total. The molecule has 1 rings (SSSR count). The number of aryl methyl sites for hydroxylation is 1. The van der Waals surface area contributed by atoms with E-state index >= 15 is 0 Å². The van der Waals surface area contributed by atoms with E-state index < -0.39 is 0 Å². The molecule has 0 radical (unpaired) electrons. The highest BCUT2D eigenvalue weighted by molar-refractivity contribution is 5.39. The largest absolute Gasteiger partial charge is 0.481 e. The molecular weight excluding hydrogens is 222 g/mol. The minimum Gasteiger partial charge on any atom is -0.481 e. The molecule has 0 aliphatic rings. The third kappa shape index (κ3) is 4.81. The molecule has 0 aliphatic heterocycles. The van der Waals surface area contributed by atoms with Crippen molar-refractivity contribution in [2.45, 2.75) is 40.7 Å². The molecule has 1 atom stereocenters. The van der Waals surface area contributed by atoms with E-state index in [1.165, 1.54) is 5.56 Å². The van der Waals surface area contributed by atoms with Crippen LogP contribution in [-0.4, -0.2) is 6.61 Å². The summed E-state index contributed by atoms with van der Waals surface area (Å²) < 4.78 is 5.70. The van der Waals surface area contributed by atoms with Crippen molar-refractivity contribution in [2.24, 2.45) is 11.1 Å². The number of nitrogens with two attached hydrogens (primary N) is 1. The van der Waals surface area contributed by atoms with Gasteiger partial charge in [0.15, 0.2) is 0 Å². The predicted octanol–water partition coefficient (Wildman–Crippen LogP) is 3.44. The summed E-state index contributed by atoms with van der Waals surface area (Å²) in [5.41, 5.74) is 8.18. The van der Waals surface area contributed by atoms with E-state index in [4.69, 9.17) is 10.5 Å². The Morgan fingerprint density at radius 2 is 2.00 bits per heavy atom. The summed E-state index contributed by atoms with van der Waals surface area (Å²) >= 11 is 0. The molecular formula is C16H23NO. The summed E-state index contributed by atoms with van der Waals surface area (Å²) in [6.07, 6.45) is 0. The molecule has 0 heterocycles. The van der Waals surface area contributed by atoms with Crippen molar-refractivity contribution in [2.75, 3.05) is 6.61 Å². The van der Waals surface area contributed by atoms with Crippen molar-refractivity contribution in [3.63, 3.8) is 0 Å². The van der Waals surface area contributed by atoms with Gasteiger partial charge in [-0.15, -0.1) is 0 Å². The van der Waals surface area contributed by atoms with E-state index in [1.54, 1.807) is 0 Å². The molecule has 98 valence electrons. The highest BCUT2D eigenvalue weighted by Crippen LogP contribution is 2.24. The smallest absolute Gasteiger partial charge is 0.149 e. The Balaban J connectivity index is 2.75. The lowest BCUT2D eigenvalue weighted by Crippen LogP contribution is -2.09. The number of ether oxygens (including phenoxy) is 1. The zero-order valence-corrected chi connectivity index (χ0v) is 12.0. The second kappa shape index (κ2) is 5.93. The Morgan fingerprint density at radius 3 is 2.56 bits per heavy atom. The predicted molar refractivity (Wildman–Crippen MR) is 76.5 cm³/mol. The summed E-state index contributed by atoms with van der Waals surface area (Å²) in [7, 11) is 0. The lowest BCUT2D eigenvalue weighted by molar-refractivity contribution is 0.363. The van der Waals surface area contributed by atoms with E-state index in [2.05, 4.69) is 45.6 Å². The molecule has 0 bridgehead atoms. The van der Waals surface area contributed by atoms with E-state index in [0.29, 0.717) is 6.61 Å². The molecule has 2 N–H and O–H groups in total. The standard InChI is InChI=1S/C16H23NO/c1-12-7-8-15(14(11-12)13(2)17)18-10-6-9-16(3,4)5/h7-8,11,13H,10,17H2,1-5H3/t13-/m1/s1. The van der Waals surface area contributed by atoms with Gasteiger partial charge in [0.25, 0.3) is 0 Å². The molecule has 0 saturated carbocycles. The van der Waals surface area contributed by atoms with Gasteiger partial charge in [-0.1, -0.05) is 29.5 Å². The lowest BCUT2D eigenvalue weighted by Gasteiger charge is -2.13. The van der Waals surface area contributed by atoms with E-state index in [-0.39, 0.29) is 11.5 Å². The molecule has 0 saturated heterocycles. The number of rotatable bonds is 3. The molecule has 0 spiro atoms. The molecule has 0 amide bonds. The van der Waals surface area contributed by atoms with Crippen LogP contribution in [0.4, 0.5) is 0 Å². The third-order valence-electron chi connectivity index (χ3n) is 2.42. The monoisotopic (exact) mass is 245 g/mol. The van der Waals surface area contributed by atoms with Crippen molar-refractivity contribution >= 4 is 0 Å². The number of hydrogen-bond donors (Lipinski definition) is 1. The average molecular weight is 245 g/mol. The summed E-state index contributed by atoms with van der Waals surface area (Å²) in [6, 6.07) is 6.03. The average Bonchev–Trinajstić information content (AvgIpc) is 2.24. The normalized spacial score (nSPS) is 12.6. The minimum absolute atomic E-state index is 0.0145. The summed E-state index contributed by atoms with van der Waals surface area (Å²) in [5.74, 6) is 7.02. The van der Waals surface area contributed by atoms with Gasteiger partial charge in [-0.3, -0.25) is 0 Å². The van der Waals surface area contributed by atoms with Crippen LogP contribution in [0.25, 0.3) is 0 Å². The van der Waals surface area contributed by atoms with Gasteiger partial charge < -0.3 is 10.5 Å². The molecule has 0 unspecified atom stereocenters. The van der Waals surface area contributed by atoms with Gasteiger partial charge in [0.1, 0.15) is 12.4 Å². The Hall–Kier alpha value is -1.46. The van der Waals surface area contributed by atoms with Crippen molar-refractivity contribution in [3.8, 4) is 17.6 Å². The van der Waals surface area contributed by atoms with Gasteiger partial charge in [0.2, 0.25) is 0 Å². The van der Waals surface area contributed by atoms with Crippen LogP contribution in [0.1, 0.15) is 44.9 Å². The first-order chi connectivity index (χ1) is 8.29. The van der Waals surface area contributed by atoms with Gasteiger partial charge >= 0.3 is 0 Å². The van der Waals surface area contributed by atoms with Gasteiger partial charge in [-0.05, 0) is 40.7 Å². The van der Waals surface area contributed by atoms with Crippen LogP contribution in [0.2, 0.25) is 0 Å². The van der Waals surface area contributed by atoms with Crippen LogP contribution >= 0.6 is 0 Å². The first-order valence-electron chi connectivity index (χ1n) is 6.28. The second-order valence-electron chi connectivity index (χ2n) is 5.67. The minimum atomic E-state index is -0.0320. The van der Waals surface area contributed by atoms with Gasteiger partial charge in [0.05, 0.1) is 0 Å². The zero-order chi connectivity index (χ0) is 13.8. The van der Waals surface area contributed by atoms with E-state index in [1.807, 2.05) is 19.1 Å². The fourth-order valence-corrected chi connectivity index (χ4v) is 1.57. The Labute approximate surface area is 111 Å². The van der Waals surface area contributed by atoms with Crippen molar-refractivity contribution in [3.05, 3.63) is 29.3 Å². The molecule has 0 fully saturated rings. The maximum Gasteiger partial charge on any atom is 0.149 e. The van der Waals surface area contributed by atoms with E-state index in [0.717, 1.165) is 11.3 Å². The van der Waals surface area contributed by atoms with Crippen LogP contribution in [-0.2, 0) is 0 Å². The zero-order valence-electron chi connectivity index (χ0n) is 12.0. The van der Waals surface area contributed by atoms with Gasteiger partial charge in [-0.2, -0.15) is 0 Å². The Morgan fingerprint density at radius 1 is 1.33 bits per heavy atom. The first kappa shape index (κ1) is 14.6. The quantitative estimate of drug-likeness (QED) is 0.828. The van der Waals surface area contributed by atoms with Crippen LogP contribution in [0.5, 0.6) is 5.75 Å².